The molecule has 0 aromatic carbocycles. The summed E-state index contributed by atoms with van der Waals surface area (Å²) in [4.78, 5) is 5.70. The minimum absolute atomic E-state index is 0.0417. The van der Waals surface area contributed by atoms with Crippen LogP contribution in [0.2, 0.25) is 0 Å². The SMILES string of the molecule is CCC(C)(CC)NOC1=CCC[C@](C)(CCC(F)F)C=C1. The van der Waals surface area contributed by atoms with Crippen LogP contribution in [0.25, 0.3) is 0 Å². The smallest absolute Gasteiger partial charge is 0.238 e. The zero-order chi connectivity index (χ0) is 15.9. The third-order valence-electron chi connectivity index (χ3n) is 4.62. The van der Waals surface area contributed by atoms with E-state index < -0.39 is 6.43 Å². The van der Waals surface area contributed by atoms with E-state index in [0.29, 0.717) is 6.42 Å². The molecule has 1 atom stereocenters. The van der Waals surface area contributed by atoms with Crippen LogP contribution >= 0.6 is 0 Å². The van der Waals surface area contributed by atoms with Gasteiger partial charge in [-0.3, -0.25) is 0 Å². The van der Waals surface area contributed by atoms with Crippen molar-refractivity contribution in [2.45, 2.75) is 78.2 Å². The first-order valence-electron chi connectivity index (χ1n) is 7.94. The Morgan fingerprint density at radius 3 is 2.62 bits per heavy atom. The van der Waals surface area contributed by atoms with Crippen LogP contribution in [0.5, 0.6) is 0 Å². The third kappa shape index (κ3) is 6.16. The lowest BCUT2D eigenvalue weighted by molar-refractivity contribution is 0.0330. The van der Waals surface area contributed by atoms with Gasteiger partial charge in [-0.1, -0.05) is 26.8 Å². The van der Waals surface area contributed by atoms with E-state index in [1.54, 1.807) is 0 Å². The summed E-state index contributed by atoms with van der Waals surface area (Å²) in [7, 11) is 0. The van der Waals surface area contributed by atoms with Gasteiger partial charge in [-0.05, 0) is 56.6 Å². The van der Waals surface area contributed by atoms with Crippen molar-refractivity contribution in [3.8, 4) is 0 Å². The fraction of sp³-hybridized carbons (Fsp3) is 0.765. The van der Waals surface area contributed by atoms with Crippen LogP contribution in [0.1, 0.15) is 66.2 Å². The van der Waals surface area contributed by atoms with Crippen molar-refractivity contribution in [2.24, 2.45) is 5.41 Å². The Morgan fingerprint density at radius 1 is 1.38 bits per heavy atom. The second-order valence-corrected chi connectivity index (χ2v) is 6.53. The van der Waals surface area contributed by atoms with Gasteiger partial charge in [-0.2, -0.15) is 5.48 Å². The van der Waals surface area contributed by atoms with Crippen LogP contribution in [0.4, 0.5) is 8.78 Å². The molecule has 0 unspecified atom stereocenters. The number of rotatable bonds is 8. The zero-order valence-corrected chi connectivity index (χ0v) is 13.7. The van der Waals surface area contributed by atoms with Crippen molar-refractivity contribution < 1.29 is 13.6 Å². The molecule has 0 radical (unpaired) electrons. The second kappa shape index (κ2) is 7.92. The maximum atomic E-state index is 12.4. The predicted molar refractivity (Wildman–Crippen MR) is 83.0 cm³/mol. The number of hydroxylamine groups is 1. The van der Waals surface area contributed by atoms with E-state index >= 15 is 0 Å². The van der Waals surface area contributed by atoms with Gasteiger partial charge < -0.3 is 4.84 Å². The molecule has 1 N–H and O–H groups in total. The highest BCUT2D eigenvalue weighted by Gasteiger charge is 2.25. The molecule has 0 heterocycles. The summed E-state index contributed by atoms with van der Waals surface area (Å²) in [6.45, 7) is 8.41. The molecule has 0 saturated carbocycles. The highest BCUT2D eigenvalue weighted by atomic mass is 19.3. The Balaban J connectivity index is 2.57. The van der Waals surface area contributed by atoms with Gasteiger partial charge in [0.05, 0.1) is 5.54 Å². The lowest BCUT2D eigenvalue weighted by atomic mass is 9.81. The van der Waals surface area contributed by atoms with Crippen LogP contribution in [-0.2, 0) is 4.84 Å². The van der Waals surface area contributed by atoms with Crippen molar-refractivity contribution in [1.82, 2.24) is 5.48 Å². The molecule has 0 aromatic heterocycles. The molecule has 0 saturated heterocycles. The molecule has 0 spiro atoms. The largest absolute Gasteiger partial charge is 0.409 e. The van der Waals surface area contributed by atoms with Gasteiger partial charge in [0.2, 0.25) is 6.43 Å². The predicted octanol–water partition coefficient (Wildman–Crippen LogP) is 5.37. The molecule has 0 amide bonds. The van der Waals surface area contributed by atoms with Gasteiger partial charge >= 0.3 is 0 Å². The van der Waals surface area contributed by atoms with Gasteiger partial charge in [-0.15, -0.1) is 0 Å². The van der Waals surface area contributed by atoms with Gasteiger partial charge in [0.1, 0.15) is 5.76 Å². The number of hydrogen-bond acceptors (Lipinski definition) is 2. The van der Waals surface area contributed by atoms with Crippen LogP contribution in [0, 0.1) is 5.41 Å². The van der Waals surface area contributed by atoms with Crippen LogP contribution in [0.15, 0.2) is 24.0 Å². The van der Waals surface area contributed by atoms with E-state index in [1.807, 2.05) is 25.2 Å². The standard InChI is InChI=1S/C17H29F2NO/c1-5-17(4,6-2)20-21-14-8-7-11-16(3,12-9-14)13-10-15(18)19/h8-9,12,15,20H,5-7,10-11,13H2,1-4H3/t16-/m0/s1. The van der Waals surface area contributed by atoms with Crippen molar-refractivity contribution in [1.29, 1.82) is 0 Å². The summed E-state index contributed by atoms with van der Waals surface area (Å²) in [5, 5.41) is 0. The number of alkyl halides is 2. The normalized spacial score (nSPS) is 23.1. The first-order chi connectivity index (χ1) is 9.82. The molecular weight excluding hydrogens is 272 g/mol. The number of allylic oxidation sites excluding steroid dienone is 3. The van der Waals surface area contributed by atoms with E-state index in [1.165, 1.54) is 0 Å². The van der Waals surface area contributed by atoms with Gasteiger partial charge in [0.25, 0.3) is 0 Å². The lowest BCUT2D eigenvalue weighted by Gasteiger charge is -2.27. The molecule has 1 aliphatic rings. The average molecular weight is 301 g/mol. The first-order valence-corrected chi connectivity index (χ1v) is 7.94. The third-order valence-corrected chi connectivity index (χ3v) is 4.62. The number of hydrogen-bond donors (Lipinski definition) is 1. The quantitative estimate of drug-likeness (QED) is 0.608. The highest BCUT2D eigenvalue weighted by Crippen LogP contribution is 2.34. The molecule has 0 bridgehead atoms. The van der Waals surface area contributed by atoms with Gasteiger partial charge in [0, 0.05) is 6.42 Å². The fourth-order valence-corrected chi connectivity index (χ4v) is 2.28. The molecule has 1 aliphatic carbocycles. The topological polar surface area (TPSA) is 21.3 Å². The number of halogens is 2. The summed E-state index contributed by atoms with van der Waals surface area (Å²) >= 11 is 0. The van der Waals surface area contributed by atoms with Crippen LogP contribution in [-0.4, -0.2) is 12.0 Å². The first kappa shape index (κ1) is 18.1. The Bertz CT molecular complexity index is 375. The van der Waals surface area contributed by atoms with E-state index in [4.69, 9.17) is 4.84 Å². The molecule has 0 aromatic rings. The van der Waals surface area contributed by atoms with E-state index in [2.05, 4.69) is 26.3 Å². The maximum absolute atomic E-state index is 12.4. The molecule has 2 nitrogen and oxygen atoms in total. The Morgan fingerprint density at radius 2 is 2.05 bits per heavy atom. The molecule has 1 rings (SSSR count). The summed E-state index contributed by atoms with van der Waals surface area (Å²) in [5.74, 6) is 0.781. The number of nitrogens with one attached hydrogen (secondary N) is 1. The molecule has 122 valence electrons. The molecule has 21 heavy (non-hydrogen) atoms. The Kier molecular flexibility index (Phi) is 6.85. The Labute approximate surface area is 127 Å². The zero-order valence-electron chi connectivity index (χ0n) is 13.7. The highest BCUT2D eigenvalue weighted by molar-refractivity contribution is 5.18. The molecule has 4 heteroatoms. The molecule has 0 aliphatic heterocycles. The van der Waals surface area contributed by atoms with E-state index in [-0.39, 0.29) is 17.4 Å². The van der Waals surface area contributed by atoms with Gasteiger partial charge in [0.15, 0.2) is 0 Å². The Hall–Kier alpha value is -0.900. The average Bonchev–Trinajstić information content (AvgIpc) is 2.65. The monoisotopic (exact) mass is 301 g/mol. The van der Waals surface area contributed by atoms with Crippen molar-refractivity contribution in [3.63, 3.8) is 0 Å². The summed E-state index contributed by atoms with van der Waals surface area (Å²) in [5.41, 5.74) is 2.92. The second-order valence-electron chi connectivity index (χ2n) is 6.53. The summed E-state index contributed by atoms with van der Waals surface area (Å²) in [6, 6.07) is 0. The fourth-order valence-electron chi connectivity index (χ4n) is 2.28. The summed E-state index contributed by atoms with van der Waals surface area (Å²) in [6.07, 6.45) is 7.89. The molecular formula is C17H29F2NO. The van der Waals surface area contributed by atoms with Crippen molar-refractivity contribution in [3.05, 3.63) is 24.0 Å². The van der Waals surface area contributed by atoms with Gasteiger partial charge in [-0.25, -0.2) is 8.78 Å². The van der Waals surface area contributed by atoms with E-state index in [0.717, 1.165) is 31.4 Å². The lowest BCUT2D eigenvalue weighted by Crippen LogP contribution is -2.40. The van der Waals surface area contributed by atoms with Crippen LogP contribution < -0.4 is 5.48 Å². The van der Waals surface area contributed by atoms with Crippen molar-refractivity contribution in [2.75, 3.05) is 0 Å². The molecule has 0 fully saturated rings. The van der Waals surface area contributed by atoms with E-state index in [9.17, 15) is 8.78 Å². The van der Waals surface area contributed by atoms with Crippen LogP contribution in [0.3, 0.4) is 0 Å². The van der Waals surface area contributed by atoms with Crippen molar-refractivity contribution >= 4 is 0 Å². The summed E-state index contributed by atoms with van der Waals surface area (Å²) < 4.78 is 24.8. The maximum Gasteiger partial charge on any atom is 0.238 e. The minimum Gasteiger partial charge on any atom is -0.409 e. The minimum atomic E-state index is -2.22.